The summed E-state index contributed by atoms with van der Waals surface area (Å²) in [7, 11) is 0. The predicted octanol–water partition coefficient (Wildman–Crippen LogP) is 10.7. The smallest absolute Gasteiger partial charge is 0.345 e. The van der Waals surface area contributed by atoms with Crippen LogP contribution in [-0.4, -0.2) is 257 Å². The monoisotopic (exact) mass is 2030 g/mol. The number of hydrogen-bond acceptors (Lipinski definition) is 27. The number of aromatic amines is 6. The largest absolute Gasteiger partial charge is 0.506 e. The zero-order valence-electron chi connectivity index (χ0n) is 82.5. The first kappa shape index (κ1) is 109. The zero-order chi connectivity index (χ0) is 107. The second kappa shape index (κ2) is 48.7. The van der Waals surface area contributed by atoms with Gasteiger partial charge in [0.15, 0.2) is 16.7 Å². The van der Waals surface area contributed by atoms with E-state index in [2.05, 4.69) is 59.3 Å². The molecule has 21 N–H and O–H groups in total. The molecule has 0 saturated carbocycles. The predicted molar refractivity (Wildman–Crippen MR) is 560 cm³/mol. The first-order valence-electron chi connectivity index (χ1n) is 49.1. The molecule has 18 rings (SSSR count). The summed E-state index contributed by atoms with van der Waals surface area (Å²) >= 11 is 0. The third-order valence-corrected chi connectivity index (χ3v) is 27.0. The Balaban J connectivity index is 0.000000148. The quantitative estimate of drug-likeness (QED) is 0.0267. The van der Waals surface area contributed by atoms with Crippen molar-refractivity contribution in [2.75, 3.05) is 108 Å². The van der Waals surface area contributed by atoms with Crippen LogP contribution >= 0.6 is 0 Å². The van der Waals surface area contributed by atoms with Crippen LogP contribution in [0.25, 0.3) is 67.5 Å². The maximum Gasteiger partial charge on any atom is 0.345 e. The van der Waals surface area contributed by atoms with Gasteiger partial charge in [0.25, 0.3) is 33.4 Å². The van der Waals surface area contributed by atoms with E-state index in [0.717, 1.165) is 145 Å². The Hall–Kier alpha value is -16.2. The number of benzene rings is 6. The first-order valence-corrected chi connectivity index (χ1v) is 49.1. The summed E-state index contributed by atoms with van der Waals surface area (Å²) in [5.41, 5.74) is 10.4. The number of carboxylic acid groups (broad SMARTS) is 6. The summed E-state index contributed by atoms with van der Waals surface area (Å²) in [6.07, 6.45) is 6.96. The number of aromatic hydroxyl groups is 3. The second-order valence-corrected chi connectivity index (χ2v) is 36.8. The number of piperidine rings is 2. The van der Waals surface area contributed by atoms with Crippen molar-refractivity contribution in [3.8, 4) is 84.8 Å². The lowest BCUT2D eigenvalue weighted by Gasteiger charge is -2.37. The standard InChI is InChI=1S/C19H22N2O5.C19H22N2O4.2C18H20N2O5.C18H20N2O4.C17H18N2O4/c1-2-14-16(20-18(24)15(17(14)23)19(25)26)11-5-7-12(8-6-11)21-9-3-4-13(22)10-21;1-2-12-10-16(19(24)25)18(23)20-17(12)13-5-7-14(8-6-13)21-9-3-4-15(22)11-21;2*1-2-13-15(19-17(23)14(16(13)22)18(24)25)10-3-5-11(6-4-10)20-8-7-12(21)9-20;1-2-11-9-15(18(23)24)17(22)19-16(11)12-3-5-13(6-4-12)20-8-7-14(21)10-20;1-2-10-7-14(17(22)23)16(21)18-15(10)11-3-5-12(6-4-11)19-8-13(20)9-19/h5-8,13,22H,2-4,9-10H2,1H3,(H,25,26)(H2,20,23,24);5-8,10,15,22H,2-4,9,11H2,1H3,(H,20,23)(H,24,25);2*3-6,12,21H,2,7-9H2,1H3,(H,24,25)(H2,19,22,23);3-6,9,14,21H,2,7-8,10H2,1H3,(H,19,22)(H,23,24);3-7,13,20H,2,8-9H2,1H3,(H,18,21)(H,22,23)/t13-;15-;12-;;;/m111.../s1. The fourth-order valence-electron chi connectivity index (χ4n) is 19.1. The molecule has 12 heterocycles. The molecule has 0 spiro atoms. The SMILES string of the molecule is CCc1c(-c2ccc(N3CCC(O)C3)cc2)[nH]c(=O)c(C(=O)O)c1O.CCc1c(-c2ccc(N3CCC[C@@H](O)C3)cc2)[nH]c(=O)c(C(=O)O)c1O.CCc1c(-c2ccc(N3CC[C@@H](O)C3)cc2)[nH]c(=O)c(C(=O)O)c1O.CCc1cc(C(=O)O)c(=O)[nH]c1-c1ccc(N2CC(O)C2)cc1.CCc1cc(C(=O)O)c(=O)[nH]c1-c1ccc(N2CCC(O)C2)cc1.CCc1cc(C(=O)O)c(=O)[nH]c1-c1ccc(N2CCC[C@@H](O)C2)cc1. The molecule has 0 bridgehead atoms. The molecule has 0 amide bonds. The van der Waals surface area contributed by atoms with Gasteiger partial charge in [-0.05, 0) is 225 Å². The molecule has 0 aliphatic carbocycles. The van der Waals surface area contributed by atoms with Crippen LogP contribution in [0.4, 0.5) is 34.1 Å². The molecule has 780 valence electrons. The summed E-state index contributed by atoms with van der Waals surface area (Å²) in [5, 5.41) is 143. The Kier molecular flexibility index (Phi) is 35.9. The molecule has 12 aromatic rings. The third kappa shape index (κ3) is 25.5. The number of hydrogen-bond donors (Lipinski definition) is 21. The topological polar surface area (TPSA) is 622 Å². The summed E-state index contributed by atoms with van der Waals surface area (Å²) in [4.78, 5) is 167. The highest BCUT2D eigenvalue weighted by Gasteiger charge is 2.32. The Labute approximate surface area is 847 Å². The number of nitrogens with zero attached hydrogens (tertiary/aromatic N) is 6. The van der Waals surface area contributed by atoms with Crippen molar-refractivity contribution in [2.24, 2.45) is 0 Å². The minimum Gasteiger partial charge on any atom is -0.506 e. The molecular weight excluding hydrogens is 1910 g/mol. The maximum atomic E-state index is 12.1. The molecule has 6 aliphatic rings. The number of nitrogens with one attached hydrogen (secondary N) is 6. The van der Waals surface area contributed by atoms with E-state index in [0.29, 0.717) is 152 Å². The average molecular weight is 2030 g/mol. The highest BCUT2D eigenvalue weighted by Crippen LogP contribution is 2.39. The summed E-state index contributed by atoms with van der Waals surface area (Å²) in [6.45, 7) is 19.6. The van der Waals surface area contributed by atoms with Crippen LogP contribution in [0.15, 0.2) is 193 Å². The Morgan fingerprint density at radius 1 is 0.250 bits per heavy atom. The molecule has 6 aromatic heterocycles. The number of pyridine rings is 6. The summed E-state index contributed by atoms with van der Waals surface area (Å²) in [6, 6.07) is 49.7. The van der Waals surface area contributed by atoms with Crippen LogP contribution in [0, 0.1) is 0 Å². The van der Waals surface area contributed by atoms with Gasteiger partial charge in [-0.1, -0.05) is 114 Å². The molecule has 5 atom stereocenters. The number of carboxylic acids is 6. The number of β-amino-alcohol motifs (C(OH)–C–C–N with tert-alkyl or cyclic N) is 6. The van der Waals surface area contributed by atoms with E-state index in [1.165, 1.54) is 18.2 Å². The number of aromatic carboxylic acids is 6. The molecule has 6 saturated heterocycles. The normalized spacial score (nSPS) is 16.8. The van der Waals surface area contributed by atoms with Gasteiger partial charge >= 0.3 is 35.8 Å². The van der Waals surface area contributed by atoms with E-state index in [4.69, 9.17) is 30.6 Å². The fourth-order valence-corrected chi connectivity index (χ4v) is 19.1. The highest BCUT2D eigenvalue weighted by molar-refractivity contribution is 5.95. The minimum absolute atomic E-state index is 0.237. The van der Waals surface area contributed by atoms with Gasteiger partial charge in [0.05, 0.1) is 70.8 Å². The minimum atomic E-state index is -1.46. The van der Waals surface area contributed by atoms with Gasteiger partial charge in [-0.25, -0.2) is 28.8 Å². The van der Waals surface area contributed by atoms with Crippen LogP contribution in [-0.2, 0) is 38.5 Å². The number of aryl methyl sites for hydroxylation is 3. The van der Waals surface area contributed by atoms with Crippen molar-refractivity contribution in [1.82, 2.24) is 29.9 Å². The van der Waals surface area contributed by atoms with Crippen molar-refractivity contribution in [2.45, 2.75) is 162 Å². The van der Waals surface area contributed by atoms with E-state index in [-0.39, 0.29) is 53.3 Å². The molecule has 2 unspecified atom stereocenters. The number of carbonyl (C=O) groups is 6. The molecule has 0 radical (unpaired) electrons. The van der Waals surface area contributed by atoms with E-state index in [1.807, 2.05) is 166 Å². The molecule has 39 nitrogen and oxygen atoms in total. The fraction of sp³-hybridized carbons (Fsp3) is 0.339. The number of aliphatic hydroxyl groups is 6. The lowest BCUT2D eigenvalue weighted by Crippen LogP contribution is -2.50. The van der Waals surface area contributed by atoms with Gasteiger partial charge in [-0.15, -0.1) is 0 Å². The van der Waals surface area contributed by atoms with E-state index in [1.54, 1.807) is 20.8 Å². The summed E-state index contributed by atoms with van der Waals surface area (Å²) < 4.78 is 0. The van der Waals surface area contributed by atoms with Gasteiger partial charge in [0, 0.05) is 129 Å². The van der Waals surface area contributed by atoms with Crippen LogP contribution in [0.5, 0.6) is 17.2 Å². The maximum absolute atomic E-state index is 12.1. The Bertz CT molecular complexity index is 7080. The first-order chi connectivity index (χ1) is 70.7. The number of H-pyrrole nitrogens is 6. The van der Waals surface area contributed by atoms with Gasteiger partial charge in [0.2, 0.25) is 0 Å². The number of aromatic nitrogens is 6. The average Bonchev–Trinajstić information content (AvgIpc) is 0.861. The van der Waals surface area contributed by atoms with Crippen molar-refractivity contribution in [3.05, 3.63) is 293 Å². The van der Waals surface area contributed by atoms with E-state index in [9.17, 15) is 103 Å². The van der Waals surface area contributed by atoms with Crippen LogP contribution in [0.3, 0.4) is 0 Å². The van der Waals surface area contributed by atoms with Gasteiger partial charge in [-0.2, -0.15) is 0 Å². The lowest BCUT2D eigenvalue weighted by molar-refractivity contribution is 0.0680. The molecule has 6 aromatic carbocycles. The molecular formula is C109H122N12O27. The van der Waals surface area contributed by atoms with Gasteiger partial charge < -0.3 is 136 Å². The van der Waals surface area contributed by atoms with Crippen molar-refractivity contribution in [1.29, 1.82) is 0 Å². The summed E-state index contributed by atoms with van der Waals surface area (Å²) in [5.74, 6) is -9.49. The third-order valence-electron chi connectivity index (χ3n) is 27.0. The van der Waals surface area contributed by atoms with Crippen molar-refractivity contribution in [3.63, 3.8) is 0 Å². The number of aliphatic hydroxyl groups excluding tert-OH is 6. The van der Waals surface area contributed by atoms with Crippen LogP contribution in [0.1, 0.15) is 182 Å². The second-order valence-electron chi connectivity index (χ2n) is 36.8. The van der Waals surface area contributed by atoms with Crippen molar-refractivity contribution < 1.29 is 105 Å². The molecule has 6 aliphatic heterocycles. The molecule has 148 heavy (non-hydrogen) atoms. The van der Waals surface area contributed by atoms with E-state index >= 15 is 0 Å². The molecule has 6 fully saturated rings. The van der Waals surface area contributed by atoms with Gasteiger partial charge in [0.1, 0.15) is 33.9 Å². The van der Waals surface area contributed by atoms with Crippen molar-refractivity contribution >= 4 is 69.9 Å². The number of rotatable bonds is 24. The van der Waals surface area contributed by atoms with Crippen LogP contribution in [0.2, 0.25) is 0 Å². The Morgan fingerprint density at radius 2 is 0.446 bits per heavy atom. The highest BCUT2D eigenvalue weighted by atomic mass is 16.4. The molecule has 39 heteroatoms. The zero-order valence-corrected chi connectivity index (χ0v) is 82.5. The Morgan fingerprint density at radius 3 is 0.628 bits per heavy atom. The van der Waals surface area contributed by atoms with Crippen LogP contribution < -0.4 is 62.8 Å². The van der Waals surface area contributed by atoms with E-state index < -0.39 is 103 Å². The van der Waals surface area contributed by atoms with Gasteiger partial charge in [-0.3, -0.25) is 28.8 Å². The lowest BCUT2D eigenvalue weighted by atomic mass is 10.00. The number of anilines is 6.